The largest absolute Gasteiger partial charge is 0.355 e. The van der Waals surface area contributed by atoms with Crippen molar-refractivity contribution >= 4 is 29.6 Å². The van der Waals surface area contributed by atoms with Gasteiger partial charge in [-0.3, -0.25) is 9.59 Å². The van der Waals surface area contributed by atoms with Crippen LogP contribution in [0, 0.1) is 11.7 Å². The lowest BCUT2D eigenvalue weighted by Crippen LogP contribution is -2.34. The molecule has 3 rings (SSSR count). The molecule has 2 unspecified atom stereocenters. The number of amides is 2. The maximum atomic E-state index is 13.7. The number of carbonyl (C=O) groups excluding carboxylic acids is 2. The third-order valence-electron chi connectivity index (χ3n) is 4.06. The summed E-state index contributed by atoms with van der Waals surface area (Å²) < 4.78 is 13.7. The number of nitrogens with zero attached hydrogens (tertiary/aromatic N) is 1. The molecule has 0 spiro atoms. The standard InChI is InChI=1S/C18H15ClFN3O2/c19-14-7-4-8-15(20)13(14)10-22-23-18(25)16-12(9-21-17(16)24)11-5-2-1-3-6-11/h1-8,10,12,16H,9H2,(H,21,24)(H,23,25)/b22-10-. The van der Waals surface area contributed by atoms with Crippen molar-refractivity contribution in [2.75, 3.05) is 6.54 Å². The maximum Gasteiger partial charge on any atom is 0.253 e. The number of nitrogens with one attached hydrogen (secondary N) is 2. The van der Waals surface area contributed by atoms with Crippen molar-refractivity contribution in [1.29, 1.82) is 0 Å². The summed E-state index contributed by atoms with van der Waals surface area (Å²) in [5.74, 6) is -2.62. The van der Waals surface area contributed by atoms with E-state index in [2.05, 4.69) is 15.8 Å². The molecule has 2 aromatic rings. The summed E-state index contributed by atoms with van der Waals surface area (Å²) in [4.78, 5) is 24.4. The lowest BCUT2D eigenvalue weighted by molar-refractivity contribution is -0.133. The molecule has 2 aromatic carbocycles. The Bertz CT molecular complexity index is 806. The van der Waals surface area contributed by atoms with Crippen LogP contribution in [0.15, 0.2) is 53.6 Å². The topological polar surface area (TPSA) is 70.6 Å². The van der Waals surface area contributed by atoms with Gasteiger partial charge in [0.2, 0.25) is 5.91 Å². The Kier molecular flexibility index (Phi) is 5.09. The van der Waals surface area contributed by atoms with Crippen LogP contribution in [0.4, 0.5) is 4.39 Å². The average molecular weight is 360 g/mol. The van der Waals surface area contributed by atoms with Gasteiger partial charge in [0.05, 0.1) is 11.2 Å². The highest BCUT2D eigenvalue weighted by Gasteiger charge is 2.40. The summed E-state index contributed by atoms with van der Waals surface area (Å²) in [6, 6.07) is 13.5. The third kappa shape index (κ3) is 3.69. The zero-order chi connectivity index (χ0) is 17.8. The molecule has 1 fully saturated rings. The Hall–Kier alpha value is -2.73. The van der Waals surface area contributed by atoms with Crippen LogP contribution in [0.2, 0.25) is 5.02 Å². The summed E-state index contributed by atoms with van der Waals surface area (Å²) in [6.45, 7) is 0.379. The number of carbonyl (C=O) groups is 2. The van der Waals surface area contributed by atoms with Crippen LogP contribution in [0.25, 0.3) is 0 Å². The highest BCUT2D eigenvalue weighted by atomic mass is 35.5. The maximum absolute atomic E-state index is 13.7. The summed E-state index contributed by atoms with van der Waals surface area (Å²) in [7, 11) is 0. The van der Waals surface area contributed by atoms with Gasteiger partial charge in [-0.1, -0.05) is 48.0 Å². The van der Waals surface area contributed by atoms with E-state index in [1.165, 1.54) is 18.2 Å². The van der Waals surface area contributed by atoms with E-state index in [4.69, 9.17) is 11.6 Å². The van der Waals surface area contributed by atoms with E-state index < -0.39 is 17.6 Å². The number of hydrogen-bond donors (Lipinski definition) is 2. The number of benzene rings is 2. The second kappa shape index (κ2) is 7.44. The van der Waals surface area contributed by atoms with E-state index in [1.807, 2.05) is 30.3 Å². The van der Waals surface area contributed by atoms with Crippen LogP contribution in [0.3, 0.4) is 0 Å². The van der Waals surface area contributed by atoms with Crippen LogP contribution >= 0.6 is 11.6 Å². The fourth-order valence-corrected chi connectivity index (χ4v) is 3.01. The number of rotatable bonds is 4. The van der Waals surface area contributed by atoms with Gasteiger partial charge in [-0.05, 0) is 17.7 Å². The van der Waals surface area contributed by atoms with Gasteiger partial charge in [0.1, 0.15) is 11.7 Å². The molecule has 0 aromatic heterocycles. The Labute approximate surface area is 148 Å². The van der Waals surface area contributed by atoms with Crippen molar-refractivity contribution in [3.8, 4) is 0 Å². The second-order valence-corrected chi connectivity index (χ2v) is 6.02. The monoisotopic (exact) mass is 359 g/mol. The molecular weight excluding hydrogens is 345 g/mol. The van der Waals surface area contributed by atoms with E-state index in [0.717, 1.165) is 11.8 Å². The van der Waals surface area contributed by atoms with Crippen LogP contribution < -0.4 is 10.7 Å². The molecular formula is C18H15ClFN3O2. The molecule has 0 aliphatic carbocycles. The molecule has 0 bridgehead atoms. The van der Waals surface area contributed by atoms with E-state index in [1.54, 1.807) is 0 Å². The minimum Gasteiger partial charge on any atom is -0.355 e. The van der Waals surface area contributed by atoms with Gasteiger partial charge >= 0.3 is 0 Å². The molecule has 1 aliphatic rings. The van der Waals surface area contributed by atoms with Gasteiger partial charge in [0, 0.05) is 18.0 Å². The summed E-state index contributed by atoms with van der Waals surface area (Å²) in [5, 5.41) is 6.61. The highest BCUT2D eigenvalue weighted by molar-refractivity contribution is 6.33. The number of halogens is 2. The van der Waals surface area contributed by atoms with Crippen LogP contribution in [-0.2, 0) is 9.59 Å². The van der Waals surface area contributed by atoms with Crippen molar-refractivity contribution in [2.45, 2.75) is 5.92 Å². The Morgan fingerprint density at radius 2 is 2.00 bits per heavy atom. The number of hydrogen-bond acceptors (Lipinski definition) is 3. The van der Waals surface area contributed by atoms with Gasteiger partial charge in [0.25, 0.3) is 5.91 Å². The molecule has 128 valence electrons. The first-order valence-corrected chi connectivity index (χ1v) is 8.05. The summed E-state index contributed by atoms with van der Waals surface area (Å²) >= 11 is 5.89. The van der Waals surface area contributed by atoms with Gasteiger partial charge in [-0.15, -0.1) is 0 Å². The van der Waals surface area contributed by atoms with E-state index in [0.29, 0.717) is 6.54 Å². The molecule has 2 atom stereocenters. The Morgan fingerprint density at radius 3 is 2.72 bits per heavy atom. The molecule has 1 aliphatic heterocycles. The second-order valence-electron chi connectivity index (χ2n) is 5.61. The van der Waals surface area contributed by atoms with Crippen molar-refractivity contribution in [3.05, 3.63) is 70.5 Å². The quantitative estimate of drug-likeness (QED) is 0.500. The average Bonchev–Trinajstić information content (AvgIpc) is 3.00. The lowest BCUT2D eigenvalue weighted by atomic mass is 9.88. The van der Waals surface area contributed by atoms with Gasteiger partial charge in [-0.25, -0.2) is 9.82 Å². The van der Waals surface area contributed by atoms with Crippen molar-refractivity contribution in [1.82, 2.24) is 10.7 Å². The zero-order valence-electron chi connectivity index (χ0n) is 13.1. The molecule has 7 heteroatoms. The van der Waals surface area contributed by atoms with E-state index in [9.17, 15) is 14.0 Å². The molecule has 2 N–H and O–H groups in total. The van der Waals surface area contributed by atoms with Crippen LogP contribution in [0.5, 0.6) is 0 Å². The smallest absolute Gasteiger partial charge is 0.253 e. The minimum absolute atomic E-state index is 0.0694. The molecule has 2 amide bonds. The zero-order valence-corrected chi connectivity index (χ0v) is 13.8. The predicted molar refractivity (Wildman–Crippen MR) is 92.8 cm³/mol. The molecule has 1 heterocycles. The van der Waals surface area contributed by atoms with Gasteiger partial charge in [0.15, 0.2) is 0 Å². The fraction of sp³-hybridized carbons (Fsp3) is 0.167. The summed E-state index contributed by atoms with van der Waals surface area (Å²) in [5.41, 5.74) is 3.26. The van der Waals surface area contributed by atoms with E-state index in [-0.39, 0.29) is 22.4 Å². The van der Waals surface area contributed by atoms with Crippen LogP contribution in [-0.4, -0.2) is 24.6 Å². The third-order valence-corrected chi connectivity index (χ3v) is 4.39. The Balaban J connectivity index is 1.73. The molecule has 5 nitrogen and oxygen atoms in total. The SMILES string of the molecule is O=C1NCC(c2ccccc2)C1C(=O)N/N=C\c1c(F)cccc1Cl. The summed E-state index contributed by atoms with van der Waals surface area (Å²) in [6.07, 6.45) is 1.12. The molecule has 0 radical (unpaired) electrons. The predicted octanol–water partition coefficient (Wildman–Crippen LogP) is 2.46. The highest BCUT2D eigenvalue weighted by Crippen LogP contribution is 2.29. The Morgan fingerprint density at radius 1 is 1.24 bits per heavy atom. The van der Waals surface area contributed by atoms with Crippen molar-refractivity contribution in [3.63, 3.8) is 0 Å². The van der Waals surface area contributed by atoms with Crippen LogP contribution in [0.1, 0.15) is 17.0 Å². The van der Waals surface area contributed by atoms with Gasteiger partial charge < -0.3 is 5.32 Å². The first-order chi connectivity index (χ1) is 12.1. The van der Waals surface area contributed by atoms with Crippen molar-refractivity contribution in [2.24, 2.45) is 11.0 Å². The first kappa shape index (κ1) is 17.1. The normalized spacial score (nSPS) is 19.8. The van der Waals surface area contributed by atoms with Gasteiger partial charge in [-0.2, -0.15) is 5.10 Å². The lowest BCUT2D eigenvalue weighted by Gasteiger charge is -2.15. The molecule has 0 saturated carbocycles. The fourth-order valence-electron chi connectivity index (χ4n) is 2.80. The first-order valence-electron chi connectivity index (χ1n) is 7.67. The van der Waals surface area contributed by atoms with Crippen molar-refractivity contribution < 1.29 is 14.0 Å². The molecule has 25 heavy (non-hydrogen) atoms. The van der Waals surface area contributed by atoms with E-state index >= 15 is 0 Å². The minimum atomic E-state index is -0.893. The molecule has 1 saturated heterocycles. The number of hydrazone groups is 1.